The first-order valence-corrected chi connectivity index (χ1v) is 6.91. The van der Waals surface area contributed by atoms with E-state index in [2.05, 4.69) is 5.32 Å². The largest absolute Gasteiger partial charge is 0.480 e. The summed E-state index contributed by atoms with van der Waals surface area (Å²) in [4.78, 5) is 11.5. The summed E-state index contributed by atoms with van der Waals surface area (Å²) in [6.07, 6.45) is 1.12. The molecule has 0 saturated heterocycles. The number of fused-ring (bicyclic) bond motifs is 1. The van der Waals surface area contributed by atoms with Gasteiger partial charge in [-0.2, -0.15) is 0 Å². The number of carboxylic acid groups (broad SMARTS) is 1. The third-order valence-corrected chi connectivity index (χ3v) is 3.64. The van der Waals surface area contributed by atoms with Gasteiger partial charge in [0.05, 0.1) is 6.61 Å². The molecule has 1 unspecified atom stereocenters. The van der Waals surface area contributed by atoms with Crippen molar-refractivity contribution < 1.29 is 24.1 Å². The fourth-order valence-corrected chi connectivity index (χ4v) is 2.19. The van der Waals surface area contributed by atoms with Gasteiger partial charge >= 0.3 is 5.97 Å². The molecule has 0 saturated carbocycles. The molecule has 0 radical (unpaired) electrons. The maximum Gasteiger partial charge on any atom is 0.323 e. The topological polar surface area (TPSA) is 77.0 Å². The van der Waals surface area contributed by atoms with Crippen molar-refractivity contribution in [1.82, 2.24) is 5.32 Å². The van der Waals surface area contributed by atoms with Gasteiger partial charge in [-0.1, -0.05) is 6.07 Å². The van der Waals surface area contributed by atoms with Gasteiger partial charge in [-0.15, -0.1) is 0 Å². The maximum atomic E-state index is 11.5. The molecule has 2 rings (SSSR count). The fourth-order valence-electron chi connectivity index (χ4n) is 2.19. The summed E-state index contributed by atoms with van der Waals surface area (Å²) in [5.74, 6) is 0.592. The van der Waals surface area contributed by atoms with Crippen LogP contribution in [0.1, 0.15) is 18.9 Å². The summed E-state index contributed by atoms with van der Waals surface area (Å²) in [6.45, 7) is 2.91. The quantitative estimate of drug-likeness (QED) is 0.707. The zero-order valence-electron chi connectivity index (χ0n) is 12.3. The Morgan fingerprint density at radius 1 is 1.43 bits per heavy atom. The highest BCUT2D eigenvalue weighted by Gasteiger charge is 2.32. The van der Waals surface area contributed by atoms with Gasteiger partial charge < -0.3 is 19.3 Å². The van der Waals surface area contributed by atoms with Crippen LogP contribution in [-0.2, 0) is 16.0 Å². The second-order valence-electron chi connectivity index (χ2n) is 5.24. The van der Waals surface area contributed by atoms with Crippen molar-refractivity contribution in [3.63, 3.8) is 0 Å². The van der Waals surface area contributed by atoms with Crippen LogP contribution in [0.4, 0.5) is 0 Å². The molecule has 0 bridgehead atoms. The van der Waals surface area contributed by atoms with Crippen LogP contribution in [0.25, 0.3) is 0 Å². The van der Waals surface area contributed by atoms with E-state index in [1.54, 1.807) is 14.0 Å². The number of rotatable bonds is 8. The Bertz CT molecular complexity index is 505. The lowest BCUT2D eigenvalue weighted by Gasteiger charge is -2.26. The third kappa shape index (κ3) is 3.86. The third-order valence-electron chi connectivity index (χ3n) is 3.64. The molecular weight excluding hydrogens is 274 g/mol. The van der Waals surface area contributed by atoms with E-state index >= 15 is 0 Å². The van der Waals surface area contributed by atoms with E-state index in [0.717, 1.165) is 17.1 Å². The van der Waals surface area contributed by atoms with Crippen LogP contribution >= 0.6 is 0 Å². The number of carboxylic acids is 1. The minimum absolute atomic E-state index is 0.240. The van der Waals surface area contributed by atoms with Crippen molar-refractivity contribution >= 4 is 5.97 Å². The van der Waals surface area contributed by atoms with Crippen molar-refractivity contribution in [3.05, 3.63) is 23.8 Å². The van der Waals surface area contributed by atoms with Gasteiger partial charge in [-0.3, -0.25) is 10.1 Å². The monoisotopic (exact) mass is 295 g/mol. The first kappa shape index (κ1) is 15.6. The molecule has 0 amide bonds. The van der Waals surface area contributed by atoms with E-state index in [1.807, 2.05) is 18.2 Å². The Labute approximate surface area is 124 Å². The van der Waals surface area contributed by atoms with Crippen molar-refractivity contribution in [1.29, 1.82) is 0 Å². The number of carbonyl (C=O) groups is 1. The van der Waals surface area contributed by atoms with E-state index in [9.17, 15) is 9.90 Å². The minimum atomic E-state index is -0.977. The molecule has 0 spiro atoms. The number of benzene rings is 1. The van der Waals surface area contributed by atoms with Gasteiger partial charge in [0.1, 0.15) is 5.54 Å². The van der Waals surface area contributed by atoms with E-state index < -0.39 is 11.5 Å². The smallest absolute Gasteiger partial charge is 0.323 e. The van der Waals surface area contributed by atoms with Crippen molar-refractivity contribution in [2.24, 2.45) is 0 Å². The molecular formula is C15H21NO5. The van der Waals surface area contributed by atoms with Gasteiger partial charge in [0.15, 0.2) is 11.5 Å². The first-order chi connectivity index (χ1) is 10.0. The Hall–Kier alpha value is -1.79. The number of ether oxygens (including phenoxy) is 3. The molecule has 0 aromatic heterocycles. The molecule has 1 aromatic rings. The Morgan fingerprint density at radius 2 is 2.19 bits per heavy atom. The molecule has 6 heteroatoms. The predicted octanol–water partition coefficient (Wildman–Crippen LogP) is 1.43. The van der Waals surface area contributed by atoms with Crippen LogP contribution in [0.3, 0.4) is 0 Å². The molecule has 2 N–H and O–H groups in total. The lowest BCUT2D eigenvalue weighted by Crippen LogP contribution is -2.50. The molecule has 1 heterocycles. The number of methoxy groups -OCH3 is 1. The van der Waals surface area contributed by atoms with Crippen LogP contribution in [-0.4, -0.2) is 43.7 Å². The number of aryl methyl sites for hydroxylation is 1. The molecule has 1 aromatic carbocycles. The van der Waals surface area contributed by atoms with E-state index in [0.29, 0.717) is 26.0 Å². The molecule has 0 aliphatic carbocycles. The van der Waals surface area contributed by atoms with Crippen LogP contribution < -0.4 is 14.8 Å². The standard InChI is InChI=1S/C15H21NO5/c1-15(14(17)18,16-7-8-19-2)6-5-11-3-4-12-13(9-11)21-10-20-12/h3-4,9,16H,5-8,10H2,1-2H3,(H,17,18). The Kier molecular flexibility index (Phi) is 5.03. The summed E-state index contributed by atoms with van der Waals surface area (Å²) in [6, 6.07) is 5.69. The molecule has 116 valence electrons. The van der Waals surface area contributed by atoms with Gasteiger partial charge in [0, 0.05) is 13.7 Å². The highest BCUT2D eigenvalue weighted by molar-refractivity contribution is 5.78. The maximum absolute atomic E-state index is 11.5. The fraction of sp³-hybridized carbons (Fsp3) is 0.533. The lowest BCUT2D eigenvalue weighted by molar-refractivity contribution is -0.144. The van der Waals surface area contributed by atoms with Crippen LogP contribution in [0.5, 0.6) is 11.5 Å². The summed E-state index contributed by atoms with van der Waals surface area (Å²) in [5, 5.41) is 12.5. The average molecular weight is 295 g/mol. The normalized spacial score (nSPS) is 15.7. The summed E-state index contributed by atoms with van der Waals surface area (Å²) < 4.78 is 15.5. The predicted molar refractivity (Wildman–Crippen MR) is 76.8 cm³/mol. The molecule has 21 heavy (non-hydrogen) atoms. The zero-order valence-corrected chi connectivity index (χ0v) is 12.3. The van der Waals surface area contributed by atoms with Crippen molar-refractivity contribution in [2.45, 2.75) is 25.3 Å². The van der Waals surface area contributed by atoms with E-state index in [-0.39, 0.29) is 6.79 Å². The second-order valence-corrected chi connectivity index (χ2v) is 5.24. The van der Waals surface area contributed by atoms with Gasteiger partial charge in [0.2, 0.25) is 6.79 Å². The molecule has 1 aliphatic heterocycles. The number of nitrogens with one attached hydrogen (secondary N) is 1. The summed E-state index contributed by atoms with van der Waals surface area (Å²) in [7, 11) is 1.59. The lowest BCUT2D eigenvalue weighted by atomic mass is 9.93. The van der Waals surface area contributed by atoms with Crippen LogP contribution in [0.2, 0.25) is 0 Å². The van der Waals surface area contributed by atoms with Gasteiger partial charge in [-0.05, 0) is 37.5 Å². The molecule has 6 nitrogen and oxygen atoms in total. The molecule has 1 atom stereocenters. The number of aliphatic carboxylic acids is 1. The van der Waals surface area contributed by atoms with Crippen LogP contribution in [0.15, 0.2) is 18.2 Å². The van der Waals surface area contributed by atoms with Crippen molar-refractivity contribution in [2.75, 3.05) is 27.1 Å². The second kappa shape index (κ2) is 6.78. The summed E-state index contributed by atoms with van der Waals surface area (Å²) in [5.41, 5.74) is 0.0507. The average Bonchev–Trinajstić information content (AvgIpc) is 2.92. The molecule has 1 aliphatic rings. The summed E-state index contributed by atoms with van der Waals surface area (Å²) >= 11 is 0. The van der Waals surface area contributed by atoms with Crippen molar-refractivity contribution in [3.8, 4) is 11.5 Å². The Morgan fingerprint density at radius 3 is 2.90 bits per heavy atom. The number of hydrogen-bond acceptors (Lipinski definition) is 5. The zero-order chi connectivity index (χ0) is 15.3. The number of hydrogen-bond donors (Lipinski definition) is 2. The highest BCUT2D eigenvalue weighted by atomic mass is 16.7. The van der Waals surface area contributed by atoms with E-state index in [1.165, 1.54) is 0 Å². The molecule has 0 fully saturated rings. The Balaban J connectivity index is 1.96. The minimum Gasteiger partial charge on any atom is -0.480 e. The van der Waals surface area contributed by atoms with E-state index in [4.69, 9.17) is 14.2 Å². The van der Waals surface area contributed by atoms with Gasteiger partial charge in [-0.25, -0.2) is 0 Å². The van der Waals surface area contributed by atoms with Gasteiger partial charge in [0.25, 0.3) is 0 Å². The highest BCUT2D eigenvalue weighted by Crippen LogP contribution is 2.33. The SMILES string of the molecule is COCCNC(C)(CCc1ccc2c(c1)OCO2)C(=O)O. The first-order valence-electron chi connectivity index (χ1n) is 6.91. The van der Waals surface area contributed by atoms with Crippen LogP contribution in [0, 0.1) is 0 Å².